The van der Waals surface area contributed by atoms with Crippen molar-refractivity contribution < 1.29 is 14.3 Å². The van der Waals surface area contributed by atoms with E-state index in [0.717, 1.165) is 26.6 Å². The van der Waals surface area contributed by atoms with E-state index in [4.69, 9.17) is 4.74 Å². The van der Waals surface area contributed by atoms with Crippen LogP contribution in [-0.4, -0.2) is 18.0 Å². The molecular weight excluding hydrogens is 310 g/mol. The lowest BCUT2D eigenvalue weighted by molar-refractivity contribution is -0.123. The summed E-state index contributed by atoms with van der Waals surface area (Å²) in [4.78, 5) is 26.4. The van der Waals surface area contributed by atoms with Crippen LogP contribution < -0.4 is 5.32 Å². The van der Waals surface area contributed by atoms with Crippen LogP contribution in [0.15, 0.2) is 24.3 Å². The molecule has 1 aromatic heterocycles. The zero-order chi connectivity index (χ0) is 17.1. The fourth-order valence-corrected chi connectivity index (χ4v) is 3.13. The highest BCUT2D eigenvalue weighted by molar-refractivity contribution is 7.12. The molecule has 4 nitrogen and oxygen atoms in total. The number of carbonyl (C=O) groups is 2. The Labute approximate surface area is 140 Å². The predicted octanol–water partition coefficient (Wildman–Crippen LogP) is 4.17. The number of hydrogen-bond acceptors (Lipinski definition) is 4. The Hall–Kier alpha value is -2.14. The van der Waals surface area contributed by atoms with E-state index in [0.29, 0.717) is 5.56 Å². The number of rotatable bonds is 4. The molecule has 0 fully saturated rings. The predicted molar refractivity (Wildman–Crippen MR) is 93.2 cm³/mol. The maximum Gasteiger partial charge on any atom is 0.340 e. The molecule has 0 aliphatic carbocycles. The molecule has 0 unspecified atom stereocenters. The van der Waals surface area contributed by atoms with Crippen molar-refractivity contribution in [1.82, 2.24) is 0 Å². The van der Waals surface area contributed by atoms with Gasteiger partial charge in [0.25, 0.3) is 5.91 Å². The lowest BCUT2D eigenvalue weighted by Gasteiger charge is -2.15. The van der Waals surface area contributed by atoms with Gasteiger partial charge in [-0.1, -0.05) is 12.1 Å². The van der Waals surface area contributed by atoms with Gasteiger partial charge < -0.3 is 10.1 Å². The number of anilines is 1. The van der Waals surface area contributed by atoms with Crippen LogP contribution in [0.25, 0.3) is 0 Å². The molecule has 0 aliphatic rings. The van der Waals surface area contributed by atoms with Gasteiger partial charge in [0.2, 0.25) is 0 Å². The number of aryl methyl sites for hydroxylation is 4. The zero-order valence-electron chi connectivity index (χ0n) is 14.0. The first-order chi connectivity index (χ1) is 10.8. The molecular formula is C18H21NO3S. The van der Waals surface area contributed by atoms with E-state index in [9.17, 15) is 9.59 Å². The summed E-state index contributed by atoms with van der Waals surface area (Å²) in [6.45, 7) is 9.26. The number of carbonyl (C=O) groups excluding carboxylic acids is 2. The van der Waals surface area contributed by atoms with Crippen molar-refractivity contribution in [1.29, 1.82) is 0 Å². The molecule has 0 saturated heterocycles. The average Bonchev–Trinajstić information content (AvgIpc) is 2.81. The van der Waals surface area contributed by atoms with Crippen LogP contribution in [0.5, 0.6) is 0 Å². The molecule has 23 heavy (non-hydrogen) atoms. The number of nitrogens with one attached hydrogen (secondary N) is 1. The van der Waals surface area contributed by atoms with Crippen LogP contribution >= 0.6 is 11.3 Å². The Balaban J connectivity index is 2.04. The molecule has 1 aromatic carbocycles. The minimum Gasteiger partial charge on any atom is -0.449 e. The molecule has 122 valence electrons. The molecule has 2 aromatic rings. The van der Waals surface area contributed by atoms with Crippen LogP contribution in [0, 0.1) is 27.7 Å². The molecule has 1 heterocycles. The zero-order valence-corrected chi connectivity index (χ0v) is 14.8. The summed E-state index contributed by atoms with van der Waals surface area (Å²) in [7, 11) is 0. The minimum absolute atomic E-state index is 0.336. The lowest BCUT2D eigenvalue weighted by Crippen LogP contribution is -2.30. The molecule has 1 N–H and O–H groups in total. The third-order valence-electron chi connectivity index (χ3n) is 3.56. The van der Waals surface area contributed by atoms with Gasteiger partial charge in [0.1, 0.15) is 0 Å². The monoisotopic (exact) mass is 331 g/mol. The molecule has 0 saturated carbocycles. The maximum atomic E-state index is 12.2. The van der Waals surface area contributed by atoms with Gasteiger partial charge in [0, 0.05) is 15.4 Å². The van der Waals surface area contributed by atoms with Gasteiger partial charge in [-0.25, -0.2) is 4.79 Å². The Kier molecular flexibility index (Phi) is 5.21. The first-order valence-corrected chi connectivity index (χ1v) is 8.25. The molecule has 5 heteroatoms. The van der Waals surface area contributed by atoms with Crippen LogP contribution in [0.3, 0.4) is 0 Å². The highest BCUT2D eigenvalue weighted by Gasteiger charge is 2.21. The number of ether oxygens (including phenoxy) is 1. The summed E-state index contributed by atoms with van der Waals surface area (Å²) < 4.78 is 5.29. The summed E-state index contributed by atoms with van der Waals surface area (Å²) in [6.07, 6.45) is -0.859. The molecule has 1 amide bonds. The normalized spacial score (nSPS) is 11.9. The van der Waals surface area contributed by atoms with Gasteiger partial charge in [-0.2, -0.15) is 0 Å². The smallest absolute Gasteiger partial charge is 0.340 e. The van der Waals surface area contributed by atoms with Crippen molar-refractivity contribution in [2.24, 2.45) is 0 Å². The second kappa shape index (κ2) is 6.96. The van der Waals surface area contributed by atoms with Crippen molar-refractivity contribution in [2.75, 3.05) is 5.32 Å². The summed E-state index contributed by atoms with van der Waals surface area (Å²) in [6, 6.07) is 7.61. The van der Waals surface area contributed by atoms with Gasteiger partial charge in [-0.3, -0.25) is 4.79 Å². The van der Waals surface area contributed by atoms with Crippen LogP contribution in [0.2, 0.25) is 0 Å². The summed E-state index contributed by atoms with van der Waals surface area (Å²) in [5, 5.41) is 2.81. The summed E-state index contributed by atoms with van der Waals surface area (Å²) in [5.41, 5.74) is 3.28. The van der Waals surface area contributed by atoms with Gasteiger partial charge >= 0.3 is 5.97 Å². The second-order valence-corrected chi connectivity index (χ2v) is 7.14. The third kappa shape index (κ3) is 4.20. The van der Waals surface area contributed by atoms with Gasteiger partial charge in [-0.05, 0) is 57.9 Å². The molecule has 0 radical (unpaired) electrons. The third-order valence-corrected chi connectivity index (χ3v) is 4.53. The Morgan fingerprint density at radius 3 is 2.43 bits per heavy atom. The van der Waals surface area contributed by atoms with E-state index in [1.807, 2.05) is 45.9 Å². The lowest BCUT2D eigenvalue weighted by atomic mass is 10.1. The Morgan fingerprint density at radius 2 is 1.83 bits per heavy atom. The fraction of sp³-hybridized carbons (Fsp3) is 0.333. The Bertz CT molecular complexity index is 749. The SMILES string of the molecule is Cc1ccc(C)c(NC(=O)[C@H](C)OC(=O)c2cc(C)sc2C)c1. The van der Waals surface area contributed by atoms with Gasteiger partial charge in [-0.15, -0.1) is 11.3 Å². The quantitative estimate of drug-likeness (QED) is 0.856. The van der Waals surface area contributed by atoms with E-state index in [1.165, 1.54) is 11.3 Å². The largest absolute Gasteiger partial charge is 0.449 e. The van der Waals surface area contributed by atoms with Crippen molar-refractivity contribution in [2.45, 2.75) is 40.7 Å². The van der Waals surface area contributed by atoms with Crippen LogP contribution in [0.1, 0.15) is 38.2 Å². The highest BCUT2D eigenvalue weighted by Crippen LogP contribution is 2.22. The maximum absolute atomic E-state index is 12.2. The topological polar surface area (TPSA) is 55.4 Å². The van der Waals surface area contributed by atoms with Crippen LogP contribution in [-0.2, 0) is 9.53 Å². The van der Waals surface area contributed by atoms with E-state index < -0.39 is 12.1 Å². The van der Waals surface area contributed by atoms with Crippen molar-refractivity contribution >= 4 is 28.9 Å². The molecule has 1 atom stereocenters. The number of thiophene rings is 1. The molecule has 0 spiro atoms. The van der Waals surface area contributed by atoms with E-state index in [1.54, 1.807) is 13.0 Å². The second-order valence-electron chi connectivity index (χ2n) is 5.68. The first kappa shape index (κ1) is 17.2. The van der Waals surface area contributed by atoms with Crippen molar-refractivity contribution in [3.8, 4) is 0 Å². The number of esters is 1. The fourth-order valence-electron chi connectivity index (χ4n) is 2.22. The standard InChI is InChI=1S/C18H21NO3S/c1-10-6-7-11(2)16(8-10)19-17(20)13(4)22-18(21)15-9-12(3)23-14(15)5/h6-9,13H,1-5H3,(H,19,20)/t13-/m0/s1. The van der Waals surface area contributed by atoms with Gasteiger partial charge in [0.15, 0.2) is 6.10 Å². The van der Waals surface area contributed by atoms with E-state index >= 15 is 0 Å². The summed E-state index contributed by atoms with van der Waals surface area (Å²) >= 11 is 1.54. The summed E-state index contributed by atoms with van der Waals surface area (Å²) in [5.74, 6) is -0.799. The van der Waals surface area contributed by atoms with E-state index in [-0.39, 0.29) is 5.91 Å². The van der Waals surface area contributed by atoms with Crippen molar-refractivity contribution in [3.05, 3.63) is 50.7 Å². The number of amides is 1. The van der Waals surface area contributed by atoms with Gasteiger partial charge in [0.05, 0.1) is 5.56 Å². The number of benzene rings is 1. The average molecular weight is 331 g/mol. The number of hydrogen-bond donors (Lipinski definition) is 1. The molecule has 0 aliphatic heterocycles. The molecule has 2 rings (SSSR count). The highest BCUT2D eigenvalue weighted by atomic mass is 32.1. The molecule has 0 bridgehead atoms. The van der Waals surface area contributed by atoms with Crippen LogP contribution in [0.4, 0.5) is 5.69 Å². The first-order valence-electron chi connectivity index (χ1n) is 7.44. The minimum atomic E-state index is -0.859. The van der Waals surface area contributed by atoms with Crippen molar-refractivity contribution in [3.63, 3.8) is 0 Å². The Morgan fingerprint density at radius 1 is 1.13 bits per heavy atom. The van der Waals surface area contributed by atoms with E-state index in [2.05, 4.69) is 5.32 Å².